The quantitative estimate of drug-likeness (QED) is 0.877. The molecule has 4 nitrogen and oxygen atoms in total. The van der Waals surface area contributed by atoms with Crippen LogP contribution in [0, 0.1) is 6.92 Å². The molecule has 0 aliphatic heterocycles. The predicted octanol–water partition coefficient (Wildman–Crippen LogP) is 1.94. The van der Waals surface area contributed by atoms with Crippen LogP contribution in [0.4, 0.5) is 5.82 Å². The molecule has 4 heteroatoms. The number of anilines is 1. The molecule has 98 valence electrons. The van der Waals surface area contributed by atoms with Crippen molar-refractivity contribution in [2.24, 2.45) is 0 Å². The number of rotatable bonds is 4. The molecule has 2 aromatic rings. The Kier molecular flexibility index (Phi) is 4.13. The molecular weight excluding hydrogens is 238 g/mol. The Bertz CT molecular complexity index is 547. The SMILES string of the molecule is Cc1cc(C(=O)NCCc2ccccc2)cc(N)n1. The van der Waals surface area contributed by atoms with Gasteiger partial charge in [0.05, 0.1) is 0 Å². The van der Waals surface area contributed by atoms with Crippen LogP contribution in [-0.4, -0.2) is 17.4 Å². The van der Waals surface area contributed by atoms with Crippen LogP contribution in [0.3, 0.4) is 0 Å². The van der Waals surface area contributed by atoms with Gasteiger partial charge in [-0.2, -0.15) is 0 Å². The number of hydrogen-bond donors (Lipinski definition) is 2. The van der Waals surface area contributed by atoms with Gasteiger partial charge < -0.3 is 11.1 Å². The Morgan fingerprint density at radius 3 is 2.68 bits per heavy atom. The van der Waals surface area contributed by atoms with Crippen molar-refractivity contribution in [3.8, 4) is 0 Å². The molecular formula is C15H17N3O. The molecule has 0 aliphatic carbocycles. The zero-order valence-electron chi connectivity index (χ0n) is 10.9. The highest BCUT2D eigenvalue weighted by atomic mass is 16.1. The number of aryl methyl sites for hydroxylation is 1. The van der Waals surface area contributed by atoms with E-state index in [1.54, 1.807) is 12.1 Å². The fourth-order valence-electron chi connectivity index (χ4n) is 1.89. The third-order valence-electron chi connectivity index (χ3n) is 2.78. The van der Waals surface area contributed by atoms with Crippen LogP contribution in [0.15, 0.2) is 42.5 Å². The summed E-state index contributed by atoms with van der Waals surface area (Å²) in [6.45, 7) is 2.42. The van der Waals surface area contributed by atoms with Gasteiger partial charge in [-0.15, -0.1) is 0 Å². The number of aromatic nitrogens is 1. The number of nitrogens with one attached hydrogen (secondary N) is 1. The number of nitrogen functional groups attached to an aromatic ring is 1. The number of benzene rings is 1. The number of amides is 1. The molecule has 0 saturated heterocycles. The van der Waals surface area contributed by atoms with E-state index in [0.717, 1.165) is 12.1 Å². The Morgan fingerprint density at radius 2 is 2.00 bits per heavy atom. The van der Waals surface area contributed by atoms with Crippen LogP contribution in [0.2, 0.25) is 0 Å². The second-order valence-electron chi connectivity index (χ2n) is 4.41. The van der Waals surface area contributed by atoms with Crippen molar-refractivity contribution in [1.82, 2.24) is 10.3 Å². The minimum atomic E-state index is -0.117. The largest absolute Gasteiger partial charge is 0.384 e. The van der Waals surface area contributed by atoms with Crippen LogP contribution in [0.25, 0.3) is 0 Å². The third-order valence-corrected chi connectivity index (χ3v) is 2.78. The van der Waals surface area contributed by atoms with Crippen LogP contribution in [0.1, 0.15) is 21.6 Å². The van der Waals surface area contributed by atoms with Crippen molar-refractivity contribution >= 4 is 11.7 Å². The van der Waals surface area contributed by atoms with Gasteiger partial charge in [-0.3, -0.25) is 4.79 Å². The highest BCUT2D eigenvalue weighted by molar-refractivity contribution is 5.94. The van der Waals surface area contributed by atoms with Crippen molar-refractivity contribution in [2.75, 3.05) is 12.3 Å². The monoisotopic (exact) mass is 255 g/mol. The first-order chi connectivity index (χ1) is 9.15. The molecule has 0 bridgehead atoms. The minimum Gasteiger partial charge on any atom is -0.384 e. The van der Waals surface area contributed by atoms with E-state index in [0.29, 0.717) is 17.9 Å². The summed E-state index contributed by atoms with van der Waals surface area (Å²) >= 11 is 0. The van der Waals surface area contributed by atoms with Gasteiger partial charge in [-0.25, -0.2) is 4.98 Å². The fourth-order valence-corrected chi connectivity index (χ4v) is 1.89. The topological polar surface area (TPSA) is 68.0 Å². The Labute approximate surface area is 112 Å². The van der Waals surface area contributed by atoms with E-state index in [1.165, 1.54) is 5.56 Å². The van der Waals surface area contributed by atoms with Crippen molar-refractivity contribution in [3.05, 3.63) is 59.3 Å². The lowest BCUT2D eigenvalue weighted by Crippen LogP contribution is -2.26. The van der Waals surface area contributed by atoms with Gasteiger partial charge in [0.2, 0.25) is 0 Å². The molecule has 0 fully saturated rings. The molecule has 1 aromatic heterocycles. The first-order valence-corrected chi connectivity index (χ1v) is 6.21. The van der Waals surface area contributed by atoms with Gasteiger partial charge in [-0.1, -0.05) is 30.3 Å². The van der Waals surface area contributed by atoms with Gasteiger partial charge >= 0.3 is 0 Å². The van der Waals surface area contributed by atoms with Crippen LogP contribution in [-0.2, 0) is 6.42 Å². The molecule has 2 rings (SSSR count). The smallest absolute Gasteiger partial charge is 0.251 e. The zero-order chi connectivity index (χ0) is 13.7. The lowest BCUT2D eigenvalue weighted by atomic mass is 10.1. The number of nitrogens with two attached hydrogens (primary N) is 1. The zero-order valence-corrected chi connectivity index (χ0v) is 10.9. The standard InChI is InChI=1S/C15H17N3O/c1-11-9-13(10-14(16)18-11)15(19)17-8-7-12-5-3-2-4-6-12/h2-6,9-10H,7-8H2,1H3,(H2,16,18)(H,17,19). The van der Waals surface area contributed by atoms with Crippen molar-refractivity contribution in [1.29, 1.82) is 0 Å². The van der Waals surface area contributed by atoms with E-state index in [-0.39, 0.29) is 5.91 Å². The van der Waals surface area contributed by atoms with Crippen molar-refractivity contribution < 1.29 is 4.79 Å². The maximum Gasteiger partial charge on any atom is 0.251 e. The molecule has 0 saturated carbocycles. The van der Waals surface area contributed by atoms with E-state index in [4.69, 9.17) is 5.73 Å². The fraction of sp³-hybridized carbons (Fsp3) is 0.200. The number of hydrogen-bond acceptors (Lipinski definition) is 3. The maximum absolute atomic E-state index is 11.9. The lowest BCUT2D eigenvalue weighted by molar-refractivity contribution is 0.0954. The molecule has 0 radical (unpaired) electrons. The van der Waals surface area contributed by atoms with Gasteiger partial charge in [-0.05, 0) is 31.0 Å². The summed E-state index contributed by atoms with van der Waals surface area (Å²) in [7, 11) is 0. The van der Waals surface area contributed by atoms with Gasteiger partial charge in [0.15, 0.2) is 0 Å². The van der Waals surface area contributed by atoms with E-state index in [1.807, 2.05) is 37.3 Å². The van der Waals surface area contributed by atoms with Crippen molar-refractivity contribution in [2.45, 2.75) is 13.3 Å². The molecule has 0 unspecified atom stereocenters. The first-order valence-electron chi connectivity index (χ1n) is 6.21. The van der Waals surface area contributed by atoms with Gasteiger partial charge in [0.25, 0.3) is 5.91 Å². The summed E-state index contributed by atoms with van der Waals surface area (Å²) < 4.78 is 0. The minimum absolute atomic E-state index is 0.117. The first kappa shape index (κ1) is 13.1. The van der Waals surface area contributed by atoms with Gasteiger partial charge in [0, 0.05) is 17.8 Å². The van der Waals surface area contributed by atoms with Crippen LogP contribution < -0.4 is 11.1 Å². The molecule has 1 amide bonds. The van der Waals surface area contributed by atoms with Gasteiger partial charge in [0.1, 0.15) is 5.82 Å². The summed E-state index contributed by atoms with van der Waals surface area (Å²) in [5, 5.41) is 2.88. The van der Waals surface area contributed by atoms with E-state index in [9.17, 15) is 4.79 Å². The molecule has 0 atom stereocenters. The molecule has 0 aliphatic rings. The number of nitrogens with zero attached hydrogens (tertiary/aromatic N) is 1. The van der Waals surface area contributed by atoms with Crippen LogP contribution >= 0.6 is 0 Å². The number of carbonyl (C=O) groups is 1. The summed E-state index contributed by atoms with van der Waals surface area (Å²) in [6, 6.07) is 13.4. The number of pyridine rings is 1. The molecule has 0 spiro atoms. The summed E-state index contributed by atoms with van der Waals surface area (Å²) in [6.07, 6.45) is 0.812. The highest BCUT2D eigenvalue weighted by Crippen LogP contribution is 2.07. The average molecular weight is 255 g/mol. The molecule has 1 aromatic carbocycles. The van der Waals surface area contributed by atoms with E-state index in [2.05, 4.69) is 10.3 Å². The summed E-state index contributed by atoms with van der Waals surface area (Å²) in [5.41, 5.74) is 8.13. The second-order valence-corrected chi connectivity index (χ2v) is 4.41. The predicted molar refractivity (Wildman–Crippen MR) is 75.9 cm³/mol. The number of carbonyl (C=O) groups excluding carboxylic acids is 1. The maximum atomic E-state index is 11.9. The Hall–Kier alpha value is -2.36. The summed E-state index contributed by atoms with van der Waals surface area (Å²) in [4.78, 5) is 16.0. The average Bonchev–Trinajstić information content (AvgIpc) is 2.38. The third kappa shape index (κ3) is 3.81. The Morgan fingerprint density at radius 1 is 1.26 bits per heavy atom. The molecule has 3 N–H and O–H groups in total. The second kappa shape index (κ2) is 6.00. The normalized spacial score (nSPS) is 10.2. The molecule has 1 heterocycles. The lowest BCUT2D eigenvalue weighted by Gasteiger charge is -2.06. The van der Waals surface area contributed by atoms with Crippen molar-refractivity contribution in [3.63, 3.8) is 0 Å². The van der Waals surface area contributed by atoms with E-state index < -0.39 is 0 Å². The van der Waals surface area contributed by atoms with E-state index >= 15 is 0 Å². The highest BCUT2D eigenvalue weighted by Gasteiger charge is 2.06. The Balaban J connectivity index is 1.91. The molecule has 19 heavy (non-hydrogen) atoms. The van der Waals surface area contributed by atoms with Crippen LogP contribution in [0.5, 0.6) is 0 Å². The summed E-state index contributed by atoms with van der Waals surface area (Å²) in [5.74, 6) is 0.251.